The van der Waals surface area contributed by atoms with Crippen molar-refractivity contribution in [2.24, 2.45) is 10.9 Å². The van der Waals surface area contributed by atoms with Crippen molar-refractivity contribution < 1.29 is 0 Å². The third-order valence-electron chi connectivity index (χ3n) is 4.72. The van der Waals surface area contributed by atoms with Crippen LogP contribution in [0.5, 0.6) is 0 Å². The molecule has 2 N–H and O–H groups in total. The molecule has 0 aromatic rings. The van der Waals surface area contributed by atoms with Crippen LogP contribution in [0.1, 0.15) is 39.0 Å². The van der Waals surface area contributed by atoms with Gasteiger partial charge in [0.25, 0.3) is 0 Å². The molecule has 0 aliphatic carbocycles. The molecular formula is C16H33IN4S. The van der Waals surface area contributed by atoms with Crippen LogP contribution in [0, 0.1) is 5.92 Å². The molecule has 6 heteroatoms. The fourth-order valence-corrected chi connectivity index (χ4v) is 4.30. The number of guanidine groups is 1. The minimum Gasteiger partial charge on any atom is -0.356 e. The third-order valence-corrected chi connectivity index (χ3v) is 5.94. The van der Waals surface area contributed by atoms with Gasteiger partial charge in [0.1, 0.15) is 0 Å². The fraction of sp³-hybridized carbons (Fsp3) is 0.938. The van der Waals surface area contributed by atoms with Gasteiger partial charge in [-0.3, -0.25) is 4.99 Å². The van der Waals surface area contributed by atoms with E-state index in [1.54, 1.807) is 0 Å². The number of thioether (sulfide) groups is 1. The Bertz CT molecular complexity index is 313. The van der Waals surface area contributed by atoms with Gasteiger partial charge >= 0.3 is 0 Å². The van der Waals surface area contributed by atoms with Gasteiger partial charge in [0.2, 0.25) is 0 Å². The maximum atomic E-state index is 4.37. The summed E-state index contributed by atoms with van der Waals surface area (Å²) in [6, 6.07) is 0.600. The summed E-state index contributed by atoms with van der Waals surface area (Å²) >= 11 is 2.05. The van der Waals surface area contributed by atoms with Crippen molar-refractivity contribution in [1.82, 2.24) is 15.5 Å². The highest BCUT2D eigenvalue weighted by atomic mass is 127. The molecule has 2 saturated heterocycles. The predicted octanol–water partition coefficient (Wildman–Crippen LogP) is 2.79. The van der Waals surface area contributed by atoms with Crippen LogP contribution in [0.2, 0.25) is 0 Å². The highest BCUT2D eigenvalue weighted by molar-refractivity contribution is 14.0. The first kappa shape index (κ1) is 20.4. The molecule has 2 rings (SSSR count). The lowest BCUT2D eigenvalue weighted by molar-refractivity contribution is 0.187. The van der Waals surface area contributed by atoms with E-state index in [-0.39, 0.29) is 24.0 Å². The molecule has 0 spiro atoms. The Balaban J connectivity index is 0.00000242. The lowest BCUT2D eigenvalue weighted by Crippen LogP contribution is -2.46. The van der Waals surface area contributed by atoms with Crippen LogP contribution in [0.4, 0.5) is 0 Å². The molecule has 22 heavy (non-hydrogen) atoms. The second kappa shape index (κ2) is 11.8. The van der Waals surface area contributed by atoms with E-state index in [1.165, 1.54) is 63.2 Å². The van der Waals surface area contributed by atoms with Crippen molar-refractivity contribution >= 4 is 41.7 Å². The second-order valence-corrected chi connectivity index (χ2v) is 7.37. The van der Waals surface area contributed by atoms with Crippen LogP contribution in [-0.4, -0.2) is 61.6 Å². The Hall–Kier alpha value is 0.310. The molecule has 2 fully saturated rings. The number of halogens is 1. The Kier molecular flexibility index (Phi) is 10.9. The topological polar surface area (TPSA) is 39.7 Å². The Morgan fingerprint density at radius 3 is 2.64 bits per heavy atom. The van der Waals surface area contributed by atoms with Crippen molar-refractivity contribution in [3.63, 3.8) is 0 Å². The van der Waals surface area contributed by atoms with Gasteiger partial charge in [-0.2, -0.15) is 11.8 Å². The first-order valence-corrected chi connectivity index (χ1v) is 9.74. The third kappa shape index (κ3) is 7.25. The van der Waals surface area contributed by atoms with E-state index in [9.17, 15) is 0 Å². The summed E-state index contributed by atoms with van der Waals surface area (Å²) in [6.07, 6.45) is 6.61. The van der Waals surface area contributed by atoms with Crippen molar-refractivity contribution in [2.75, 3.05) is 44.7 Å². The van der Waals surface area contributed by atoms with Crippen LogP contribution in [0.15, 0.2) is 4.99 Å². The standard InChI is InChI=1S/C16H32N4S.HI/c1-3-20-10-7-14(8-11-20)6-9-18-16(17-2)19-15-5-4-12-21-13-15;/h14-15H,3-13H2,1-2H3,(H2,17,18,19);1H. The maximum absolute atomic E-state index is 4.37. The van der Waals surface area contributed by atoms with Crippen LogP contribution < -0.4 is 10.6 Å². The molecule has 0 aromatic heterocycles. The molecule has 2 aliphatic heterocycles. The maximum Gasteiger partial charge on any atom is 0.191 e. The summed E-state index contributed by atoms with van der Waals surface area (Å²) < 4.78 is 0. The molecule has 2 aliphatic rings. The van der Waals surface area contributed by atoms with Crippen molar-refractivity contribution in [1.29, 1.82) is 0 Å². The molecule has 1 atom stereocenters. The monoisotopic (exact) mass is 440 g/mol. The van der Waals surface area contributed by atoms with E-state index in [0.29, 0.717) is 6.04 Å². The SMILES string of the molecule is CCN1CCC(CCNC(=NC)NC2CCCSC2)CC1.I. The molecule has 1 unspecified atom stereocenters. The number of likely N-dealkylation sites (tertiary alicyclic amines) is 1. The summed E-state index contributed by atoms with van der Waals surface area (Å²) in [5, 5.41) is 7.07. The van der Waals surface area contributed by atoms with Gasteiger partial charge in [-0.05, 0) is 63.4 Å². The van der Waals surface area contributed by atoms with Crippen molar-refractivity contribution in [3.8, 4) is 0 Å². The molecule has 130 valence electrons. The van der Waals surface area contributed by atoms with E-state index < -0.39 is 0 Å². The normalized spacial score (nSPS) is 24.6. The van der Waals surface area contributed by atoms with Gasteiger partial charge in [-0.1, -0.05) is 6.92 Å². The highest BCUT2D eigenvalue weighted by Gasteiger charge is 2.18. The largest absolute Gasteiger partial charge is 0.356 e. The van der Waals surface area contributed by atoms with Crippen LogP contribution in [0.25, 0.3) is 0 Å². The smallest absolute Gasteiger partial charge is 0.191 e. The van der Waals surface area contributed by atoms with Gasteiger partial charge in [0.15, 0.2) is 5.96 Å². The van der Waals surface area contributed by atoms with Crippen molar-refractivity contribution in [2.45, 2.75) is 45.1 Å². The Morgan fingerprint density at radius 2 is 2.05 bits per heavy atom. The van der Waals surface area contributed by atoms with Crippen molar-refractivity contribution in [3.05, 3.63) is 0 Å². The number of piperidine rings is 1. The van der Waals surface area contributed by atoms with E-state index in [0.717, 1.165) is 18.4 Å². The number of nitrogens with one attached hydrogen (secondary N) is 2. The first-order valence-electron chi connectivity index (χ1n) is 8.59. The van der Waals surface area contributed by atoms with Gasteiger partial charge < -0.3 is 15.5 Å². The van der Waals surface area contributed by atoms with E-state index in [2.05, 4.69) is 39.2 Å². The van der Waals surface area contributed by atoms with Crippen LogP contribution in [-0.2, 0) is 0 Å². The molecule has 4 nitrogen and oxygen atoms in total. The highest BCUT2D eigenvalue weighted by Crippen LogP contribution is 2.19. The predicted molar refractivity (Wildman–Crippen MR) is 110 cm³/mol. The van der Waals surface area contributed by atoms with Gasteiger partial charge in [-0.15, -0.1) is 24.0 Å². The average molecular weight is 440 g/mol. The van der Waals surface area contributed by atoms with Crippen LogP contribution in [0.3, 0.4) is 0 Å². The number of aliphatic imine (C=N–C) groups is 1. The lowest BCUT2D eigenvalue weighted by atomic mass is 9.93. The van der Waals surface area contributed by atoms with Gasteiger partial charge in [0.05, 0.1) is 0 Å². The quantitative estimate of drug-likeness (QED) is 0.392. The van der Waals surface area contributed by atoms with Gasteiger partial charge in [-0.25, -0.2) is 0 Å². The summed E-state index contributed by atoms with van der Waals surface area (Å²) in [7, 11) is 1.88. The average Bonchev–Trinajstić information content (AvgIpc) is 2.55. The minimum absolute atomic E-state index is 0. The lowest BCUT2D eigenvalue weighted by Gasteiger charge is -2.31. The fourth-order valence-electron chi connectivity index (χ4n) is 3.23. The zero-order chi connectivity index (χ0) is 14.9. The Morgan fingerprint density at radius 1 is 1.27 bits per heavy atom. The second-order valence-electron chi connectivity index (χ2n) is 6.22. The number of nitrogens with zero attached hydrogens (tertiary/aromatic N) is 2. The first-order chi connectivity index (χ1) is 10.3. The van der Waals surface area contributed by atoms with Crippen LogP contribution >= 0.6 is 35.7 Å². The molecule has 0 amide bonds. The van der Waals surface area contributed by atoms with E-state index in [1.807, 2.05) is 7.05 Å². The number of hydrogen-bond acceptors (Lipinski definition) is 3. The molecule has 0 radical (unpaired) electrons. The minimum atomic E-state index is 0. The van der Waals surface area contributed by atoms with Gasteiger partial charge in [0, 0.05) is 25.4 Å². The molecule has 2 heterocycles. The molecule has 0 aromatic carbocycles. The molecular weight excluding hydrogens is 407 g/mol. The molecule has 0 bridgehead atoms. The summed E-state index contributed by atoms with van der Waals surface area (Å²) in [5.74, 6) is 4.42. The number of rotatable bonds is 5. The summed E-state index contributed by atoms with van der Waals surface area (Å²) in [4.78, 5) is 6.93. The van der Waals surface area contributed by atoms with E-state index >= 15 is 0 Å². The Labute approximate surface area is 157 Å². The zero-order valence-corrected chi connectivity index (χ0v) is 17.3. The van der Waals surface area contributed by atoms with E-state index in [4.69, 9.17) is 0 Å². The number of hydrogen-bond donors (Lipinski definition) is 2. The summed E-state index contributed by atoms with van der Waals surface area (Å²) in [6.45, 7) is 7.10. The zero-order valence-electron chi connectivity index (χ0n) is 14.1. The molecule has 0 saturated carbocycles. The summed E-state index contributed by atoms with van der Waals surface area (Å²) in [5.41, 5.74) is 0.